The van der Waals surface area contributed by atoms with Gasteiger partial charge in [-0.05, 0) is 52.3 Å². The van der Waals surface area contributed by atoms with E-state index in [1.807, 2.05) is 24.3 Å². The summed E-state index contributed by atoms with van der Waals surface area (Å²) in [4.78, 5) is 36.7. The van der Waals surface area contributed by atoms with Crippen molar-refractivity contribution in [1.29, 1.82) is 0 Å². The topological polar surface area (TPSA) is 105 Å². The van der Waals surface area contributed by atoms with Crippen molar-refractivity contribution in [3.05, 3.63) is 59.7 Å². The van der Waals surface area contributed by atoms with Gasteiger partial charge in [0.2, 0.25) is 5.91 Å². The van der Waals surface area contributed by atoms with Crippen LogP contribution < -0.4 is 10.6 Å². The molecular weight excluding hydrogens is 444 g/mol. The van der Waals surface area contributed by atoms with Gasteiger partial charge in [0.1, 0.15) is 12.6 Å². The number of aliphatic carboxylic acids is 1. The van der Waals surface area contributed by atoms with E-state index in [2.05, 4.69) is 34.9 Å². The number of carbonyl (C=O) groups excluding carboxylic acids is 2. The van der Waals surface area contributed by atoms with E-state index in [9.17, 15) is 19.5 Å². The molecule has 3 N–H and O–H groups in total. The Kier molecular flexibility index (Phi) is 7.15. The van der Waals surface area contributed by atoms with Crippen molar-refractivity contribution in [2.75, 3.05) is 13.2 Å². The van der Waals surface area contributed by atoms with Crippen LogP contribution in [0.1, 0.15) is 57.1 Å². The second kappa shape index (κ2) is 10.1. The molecule has 2 amide bonds. The Morgan fingerprint density at radius 3 is 2.09 bits per heavy atom. The van der Waals surface area contributed by atoms with Crippen molar-refractivity contribution < 1.29 is 24.2 Å². The molecule has 186 valence electrons. The Morgan fingerprint density at radius 1 is 1.00 bits per heavy atom. The molecule has 35 heavy (non-hydrogen) atoms. The van der Waals surface area contributed by atoms with Gasteiger partial charge in [-0.2, -0.15) is 0 Å². The first kappa shape index (κ1) is 24.8. The Morgan fingerprint density at radius 2 is 1.57 bits per heavy atom. The number of hydrogen-bond acceptors (Lipinski definition) is 4. The Balaban J connectivity index is 1.31. The van der Waals surface area contributed by atoms with Gasteiger partial charge in [0, 0.05) is 18.9 Å². The van der Waals surface area contributed by atoms with E-state index in [0.29, 0.717) is 12.5 Å². The predicted octanol–water partition coefficient (Wildman–Crippen LogP) is 4.56. The first-order chi connectivity index (χ1) is 16.6. The van der Waals surface area contributed by atoms with Crippen LogP contribution in [0.4, 0.5) is 4.79 Å². The minimum Gasteiger partial charge on any atom is -0.480 e. The molecule has 4 rings (SSSR count). The fourth-order valence-electron chi connectivity index (χ4n) is 4.94. The number of carboxylic acids is 1. The van der Waals surface area contributed by atoms with E-state index in [1.54, 1.807) is 20.8 Å². The minimum atomic E-state index is -1.05. The molecule has 1 saturated carbocycles. The number of nitrogens with one attached hydrogen (secondary N) is 2. The third-order valence-electron chi connectivity index (χ3n) is 7.01. The van der Waals surface area contributed by atoms with Gasteiger partial charge in [0.05, 0.1) is 0 Å². The Hall–Kier alpha value is -3.35. The fourth-order valence-corrected chi connectivity index (χ4v) is 4.94. The Bertz CT molecular complexity index is 1060. The molecule has 0 heterocycles. The van der Waals surface area contributed by atoms with E-state index >= 15 is 0 Å². The summed E-state index contributed by atoms with van der Waals surface area (Å²) < 4.78 is 5.61. The standard InChI is InChI=1S/C28H34N2O5/c1-28(2,3)25(26(32)33)30-24(31)14-18(17-12-13-17)15-29-27(34)35-16-23-21-10-6-4-8-19(21)20-9-5-7-11-22(20)23/h4-11,17-18,23,25H,12-16H2,1-3H3,(H,29,34)(H,30,31)(H,32,33)/t18?,25-/m0/s1. The molecule has 0 aromatic heterocycles. The second-order valence-corrected chi connectivity index (χ2v) is 10.7. The van der Waals surface area contributed by atoms with Crippen LogP contribution in [0.2, 0.25) is 0 Å². The van der Waals surface area contributed by atoms with Gasteiger partial charge in [-0.1, -0.05) is 69.3 Å². The van der Waals surface area contributed by atoms with E-state index in [0.717, 1.165) is 24.0 Å². The molecule has 2 aliphatic carbocycles. The lowest BCUT2D eigenvalue weighted by molar-refractivity contribution is -0.145. The number of amides is 2. The average molecular weight is 479 g/mol. The minimum absolute atomic E-state index is 0.0106. The van der Waals surface area contributed by atoms with Crippen LogP contribution in [0.25, 0.3) is 11.1 Å². The zero-order chi connectivity index (χ0) is 25.2. The van der Waals surface area contributed by atoms with E-state index < -0.39 is 23.5 Å². The maximum absolute atomic E-state index is 12.6. The number of benzene rings is 2. The largest absolute Gasteiger partial charge is 0.480 e. The number of rotatable bonds is 9. The molecule has 0 radical (unpaired) electrons. The second-order valence-electron chi connectivity index (χ2n) is 10.7. The molecular formula is C28H34N2O5. The summed E-state index contributed by atoms with van der Waals surface area (Å²) in [5.41, 5.74) is 4.05. The van der Waals surface area contributed by atoms with Crippen molar-refractivity contribution in [1.82, 2.24) is 10.6 Å². The highest BCUT2D eigenvalue weighted by atomic mass is 16.5. The van der Waals surface area contributed by atoms with Gasteiger partial charge in [0.15, 0.2) is 0 Å². The molecule has 0 saturated heterocycles. The molecule has 2 atom stereocenters. The Labute approximate surface area is 206 Å². The smallest absolute Gasteiger partial charge is 0.407 e. The first-order valence-electron chi connectivity index (χ1n) is 12.3. The summed E-state index contributed by atoms with van der Waals surface area (Å²) in [6.07, 6.45) is 1.68. The van der Waals surface area contributed by atoms with Crippen molar-refractivity contribution in [2.24, 2.45) is 17.3 Å². The molecule has 1 fully saturated rings. The van der Waals surface area contributed by atoms with Crippen molar-refractivity contribution in [2.45, 2.75) is 52.0 Å². The lowest BCUT2D eigenvalue weighted by Gasteiger charge is -2.28. The molecule has 7 heteroatoms. The number of fused-ring (bicyclic) bond motifs is 3. The summed E-state index contributed by atoms with van der Waals surface area (Å²) in [6, 6.07) is 15.4. The first-order valence-corrected chi connectivity index (χ1v) is 12.3. The van der Waals surface area contributed by atoms with Gasteiger partial charge in [-0.15, -0.1) is 0 Å². The number of hydrogen-bond donors (Lipinski definition) is 3. The van der Waals surface area contributed by atoms with E-state index in [1.165, 1.54) is 11.1 Å². The third-order valence-corrected chi connectivity index (χ3v) is 7.01. The van der Waals surface area contributed by atoms with Gasteiger partial charge in [-0.25, -0.2) is 9.59 Å². The SMILES string of the molecule is CC(C)(C)[C@@H](NC(=O)CC(CNC(=O)OCC1c2ccccc2-c2ccccc21)C1CC1)C(=O)O. The molecule has 2 aromatic carbocycles. The summed E-state index contributed by atoms with van der Waals surface area (Å²) in [5.74, 6) is -1.06. The van der Waals surface area contributed by atoms with Crippen LogP contribution >= 0.6 is 0 Å². The number of alkyl carbamates (subject to hydrolysis) is 1. The van der Waals surface area contributed by atoms with Gasteiger partial charge >= 0.3 is 12.1 Å². The third kappa shape index (κ3) is 5.84. The summed E-state index contributed by atoms with van der Waals surface area (Å²) >= 11 is 0. The number of ether oxygens (including phenoxy) is 1. The molecule has 2 aromatic rings. The maximum Gasteiger partial charge on any atom is 0.407 e. The summed E-state index contributed by atoms with van der Waals surface area (Å²) in [6.45, 7) is 5.90. The van der Waals surface area contributed by atoms with Crippen LogP contribution in [0, 0.1) is 17.3 Å². The molecule has 0 bridgehead atoms. The van der Waals surface area contributed by atoms with Crippen LogP contribution in [-0.2, 0) is 14.3 Å². The normalized spacial score (nSPS) is 16.5. The van der Waals surface area contributed by atoms with E-state index in [-0.39, 0.29) is 30.8 Å². The van der Waals surface area contributed by atoms with Crippen LogP contribution in [0.5, 0.6) is 0 Å². The highest BCUT2D eigenvalue weighted by molar-refractivity contribution is 5.84. The lowest BCUT2D eigenvalue weighted by atomic mass is 9.86. The van der Waals surface area contributed by atoms with Crippen molar-refractivity contribution in [3.8, 4) is 11.1 Å². The summed E-state index contributed by atoms with van der Waals surface area (Å²) in [7, 11) is 0. The maximum atomic E-state index is 12.6. The zero-order valence-corrected chi connectivity index (χ0v) is 20.5. The number of carboxylic acid groups (broad SMARTS) is 1. The van der Waals surface area contributed by atoms with Gasteiger partial charge < -0.3 is 20.5 Å². The highest BCUT2D eigenvalue weighted by Gasteiger charge is 2.36. The zero-order valence-electron chi connectivity index (χ0n) is 20.5. The average Bonchev–Trinajstić information content (AvgIpc) is 3.61. The summed E-state index contributed by atoms with van der Waals surface area (Å²) in [5, 5.41) is 15.0. The van der Waals surface area contributed by atoms with Crippen LogP contribution in [0.3, 0.4) is 0 Å². The molecule has 7 nitrogen and oxygen atoms in total. The molecule has 0 spiro atoms. The molecule has 2 aliphatic rings. The lowest BCUT2D eigenvalue weighted by Crippen LogP contribution is -2.49. The fraction of sp³-hybridized carbons (Fsp3) is 0.464. The molecule has 0 aliphatic heterocycles. The highest BCUT2D eigenvalue weighted by Crippen LogP contribution is 2.44. The van der Waals surface area contributed by atoms with Crippen LogP contribution in [0.15, 0.2) is 48.5 Å². The van der Waals surface area contributed by atoms with Gasteiger partial charge in [0.25, 0.3) is 0 Å². The van der Waals surface area contributed by atoms with Gasteiger partial charge in [-0.3, -0.25) is 4.79 Å². The molecule has 1 unspecified atom stereocenters. The van der Waals surface area contributed by atoms with Crippen molar-refractivity contribution in [3.63, 3.8) is 0 Å². The monoisotopic (exact) mass is 478 g/mol. The van der Waals surface area contributed by atoms with Crippen LogP contribution in [-0.4, -0.2) is 42.3 Å². The number of carbonyl (C=O) groups is 3. The van der Waals surface area contributed by atoms with E-state index in [4.69, 9.17) is 4.74 Å². The quantitative estimate of drug-likeness (QED) is 0.490. The van der Waals surface area contributed by atoms with Crippen molar-refractivity contribution >= 4 is 18.0 Å². The predicted molar refractivity (Wildman–Crippen MR) is 133 cm³/mol.